The summed E-state index contributed by atoms with van der Waals surface area (Å²) in [5, 5.41) is 0.168. The van der Waals surface area contributed by atoms with Crippen molar-refractivity contribution in [1.29, 1.82) is 0 Å². The van der Waals surface area contributed by atoms with Crippen LogP contribution in [0.3, 0.4) is 0 Å². The SMILES string of the molecule is CC1(C)CCCC1NS(=O)(=O)c1cnc(NN)c(Cl)c1. The first kappa shape index (κ1) is 15.5. The van der Waals surface area contributed by atoms with Crippen molar-refractivity contribution in [3.63, 3.8) is 0 Å². The highest BCUT2D eigenvalue weighted by molar-refractivity contribution is 7.89. The fourth-order valence-corrected chi connectivity index (χ4v) is 4.17. The fraction of sp³-hybridized carbons (Fsp3) is 0.583. The smallest absolute Gasteiger partial charge is 0.242 e. The molecular formula is C12H19ClN4O2S. The van der Waals surface area contributed by atoms with E-state index in [0.717, 1.165) is 19.3 Å². The number of nitrogens with one attached hydrogen (secondary N) is 2. The van der Waals surface area contributed by atoms with E-state index >= 15 is 0 Å². The predicted molar refractivity (Wildman–Crippen MR) is 78.8 cm³/mol. The number of nitrogens with zero attached hydrogens (tertiary/aromatic N) is 1. The lowest BCUT2D eigenvalue weighted by Gasteiger charge is -2.27. The summed E-state index contributed by atoms with van der Waals surface area (Å²) in [5.74, 6) is 5.46. The van der Waals surface area contributed by atoms with Gasteiger partial charge in [-0.25, -0.2) is 24.0 Å². The minimum absolute atomic E-state index is 0.0386. The maximum atomic E-state index is 12.4. The molecule has 0 bridgehead atoms. The third kappa shape index (κ3) is 3.06. The minimum Gasteiger partial charge on any atom is -0.307 e. The summed E-state index contributed by atoms with van der Waals surface area (Å²) in [4.78, 5) is 3.93. The van der Waals surface area contributed by atoms with Gasteiger partial charge in [-0.15, -0.1) is 0 Å². The van der Waals surface area contributed by atoms with Crippen molar-refractivity contribution in [3.8, 4) is 0 Å². The Morgan fingerprint density at radius 1 is 1.50 bits per heavy atom. The summed E-state index contributed by atoms with van der Waals surface area (Å²) >= 11 is 5.91. The molecule has 1 heterocycles. The van der Waals surface area contributed by atoms with Crippen molar-refractivity contribution in [2.75, 3.05) is 5.43 Å². The molecule has 8 heteroatoms. The summed E-state index contributed by atoms with van der Waals surface area (Å²) in [6.07, 6.45) is 4.12. The van der Waals surface area contributed by atoms with Crippen LogP contribution >= 0.6 is 11.6 Å². The second-order valence-corrected chi connectivity index (χ2v) is 7.82. The molecule has 2 rings (SSSR count). The summed E-state index contributed by atoms with van der Waals surface area (Å²) in [7, 11) is -3.63. The van der Waals surface area contributed by atoms with Gasteiger partial charge in [-0.3, -0.25) is 0 Å². The molecule has 20 heavy (non-hydrogen) atoms. The summed E-state index contributed by atoms with van der Waals surface area (Å²) in [5.41, 5.74) is 2.26. The van der Waals surface area contributed by atoms with Crippen molar-refractivity contribution in [1.82, 2.24) is 9.71 Å². The van der Waals surface area contributed by atoms with Gasteiger partial charge in [-0.1, -0.05) is 31.9 Å². The first-order valence-corrected chi connectivity index (χ1v) is 8.27. The van der Waals surface area contributed by atoms with Crippen molar-refractivity contribution in [3.05, 3.63) is 17.3 Å². The summed E-state index contributed by atoms with van der Waals surface area (Å²) in [6, 6.07) is 1.27. The van der Waals surface area contributed by atoms with Crippen LogP contribution in [-0.2, 0) is 10.0 Å². The van der Waals surface area contributed by atoms with Crippen LogP contribution < -0.4 is 16.0 Å². The molecule has 1 fully saturated rings. The number of hydrazine groups is 1. The quantitative estimate of drug-likeness (QED) is 0.581. The largest absolute Gasteiger partial charge is 0.307 e. The molecule has 112 valence electrons. The average molecular weight is 319 g/mol. The van der Waals surface area contributed by atoms with E-state index in [2.05, 4.69) is 29.0 Å². The zero-order valence-electron chi connectivity index (χ0n) is 11.5. The number of nitrogen functional groups attached to an aromatic ring is 1. The van der Waals surface area contributed by atoms with Crippen LogP contribution in [0.25, 0.3) is 0 Å². The van der Waals surface area contributed by atoms with Crippen molar-refractivity contribution in [2.45, 2.75) is 44.0 Å². The maximum Gasteiger partial charge on any atom is 0.242 e. The Hall–Kier alpha value is -0.890. The van der Waals surface area contributed by atoms with Gasteiger partial charge >= 0.3 is 0 Å². The van der Waals surface area contributed by atoms with Crippen LogP contribution in [0.15, 0.2) is 17.2 Å². The maximum absolute atomic E-state index is 12.4. The van der Waals surface area contributed by atoms with E-state index in [1.807, 2.05) is 0 Å². The van der Waals surface area contributed by atoms with E-state index in [1.165, 1.54) is 12.3 Å². The monoisotopic (exact) mass is 318 g/mol. The molecule has 6 nitrogen and oxygen atoms in total. The first-order valence-electron chi connectivity index (χ1n) is 6.41. The second kappa shape index (κ2) is 5.48. The van der Waals surface area contributed by atoms with Gasteiger partial charge in [0.15, 0.2) is 5.82 Å². The first-order chi connectivity index (χ1) is 9.26. The van der Waals surface area contributed by atoms with Crippen molar-refractivity contribution >= 4 is 27.4 Å². The predicted octanol–water partition coefficient (Wildman–Crippen LogP) is 1.88. The molecule has 1 aromatic heterocycles. The molecular weight excluding hydrogens is 300 g/mol. The molecule has 1 aliphatic rings. The summed E-state index contributed by atoms with van der Waals surface area (Å²) in [6.45, 7) is 4.14. The second-order valence-electron chi connectivity index (χ2n) is 5.70. The van der Waals surface area contributed by atoms with Gasteiger partial charge in [-0.2, -0.15) is 0 Å². The van der Waals surface area contributed by atoms with Crippen LogP contribution in [0.5, 0.6) is 0 Å². The Kier molecular flexibility index (Phi) is 4.24. The van der Waals surface area contributed by atoms with E-state index in [1.54, 1.807) is 0 Å². The number of hydrogen-bond donors (Lipinski definition) is 3. The molecule has 1 aliphatic carbocycles. The molecule has 4 N–H and O–H groups in total. The fourth-order valence-electron chi connectivity index (χ4n) is 2.47. The number of halogens is 1. The minimum atomic E-state index is -3.63. The Morgan fingerprint density at radius 3 is 2.70 bits per heavy atom. The molecule has 1 saturated carbocycles. The van der Waals surface area contributed by atoms with E-state index in [0.29, 0.717) is 0 Å². The molecule has 0 spiro atoms. The van der Waals surface area contributed by atoms with Gasteiger partial charge in [0.25, 0.3) is 0 Å². The van der Waals surface area contributed by atoms with E-state index in [9.17, 15) is 8.42 Å². The van der Waals surface area contributed by atoms with Crippen LogP contribution in [0.2, 0.25) is 5.02 Å². The average Bonchev–Trinajstić information content (AvgIpc) is 2.68. The Labute approximate surface area is 124 Å². The highest BCUT2D eigenvalue weighted by Crippen LogP contribution is 2.38. The molecule has 0 aromatic carbocycles. The third-order valence-electron chi connectivity index (χ3n) is 3.82. The van der Waals surface area contributed by atoms with Gasteiger partial charge in [0, 0.05) is 12.2 Å². The van der Waals surface area contributed by atoms with Crippen LogP contribution in [0.1, 0.15) is 33.1 Å². The normalized spacial score (nSPS) is 21.9. The lowest BCUT2D eigenvalue weighted by atomic mass is 9.88. The molecule has 0 radical (unpaired) electrons. The molecule has 0 amide bonds. The lowest BCUT2D eigenvalue weighted by molar-refractivity contribution is 0.313. The van der Waals surface area contributed by atoms with E-state index in [-0.39, 0.29) is 27.2 Å². The van der Waals surface area contributed by atoms with Crippen LogP contribution in [-0.4, -0.2) is 19.4 Å². The number of sulfonamides is 1. The van der Waals surface area contributed by atoms with Gasteiger partial charge in [0.2, 0.25) is 10.0 Å². The zero-order chi connectivity index (χ0) is 15.0. The van der Waals surface area contributed by atoms with E-state index < -0.39 is 10.0 Å². The molecule has 0 aliphatic heterocycles. The lowest BCUT2D eigenvalue weighted by Crippen LogP contribution is -2.41. The highest BCUT2D eigenvalue weighted by atomic mass is 35.5. The van der Waals surface area contributed by atoms with Crippen molar-refractivity contribution < 1.29 is 8.42 Å². The molecule has 1 atom stereocenters. The molecule has 0 saturated heterocycles. The topological polar surface area (TPSA) is 97.1 Å². The van der Waals surface area contributed by atoms with Crippen molar-refractivity contribution in [2.24, 2.45) is 11.3 Å². The molecule has 1 aromatic rings. The number of rotatable bonds is 4. The Morgan fingerprint density at radius 2 is 2.20 bits per heavy atom. The van der Waals surface area contributed by atoms with E-state index in [4.69, 9.17) is 17.4 Å². The van der Waals surface area contributed by atoms with Gasteiger partial charge in [-0.05, 0) is 24.3 Å². The standard InChI is InChI=1S/C12H19ClN4O2S/c1-12(2)5-3-4-10(12)17-20(18,19)8-6-9(13)11(16-14)15-7-8/h6-7,10,17H,3-5,14H2,1-2H3,(H,15,16). The number of anilines is 1. The van der Waals surface area contributed by atoms with Gasteiger partial charge < -0.3 is 5.43 Å². The Balaban J connectivity index is 2.25. The number of nitrogens with two attached hydrogens (primary N) is 1. The molecule has 1 unspecified atom stereocenters. The van der Waals surface area contributed by atoms with Gasteiger partial charge in [0.1, 0.15) is 4.90 Å². The zero-order valence-corrected chi connectivity index (χ0v) is 13.1. The summed E-state index contributed by atoms with van der Waals surface area (Å²) < 4.78 is 27.5. The number of pyridine rings is 1. The van der Waals surface area contributed by atoms with Gasteiger partial charge in [0.05, 0.1) is 5.02 Å². The van der Waals surface area contributed by atoms with Crippen LogP contribution in [0.4, 0.5) is 5.82 Å². The number of hydrogen-bond acceptors (Lipinski definition) is 5. The number of aromatic nitrogens is 1. The highest BCUT2D eigenvalue weighted by Gasteiger charge is 2.37. The third-order valence-corrected chi connectivity index (χ3v) is 5.54. The van der Waals surface area contributed by atoms with Crippen LogP contribution in [0, 0.1) is 5.41 Å². The Bertz CT molecular complexity index is 603.